The zero-order chi connectivity index (χ0) is 22.7. The maximum atomic E-state index is 13.2. The maximum Gasteiger partial charge on any atom is 0.416 e. The minimum absolute atomic E-state index is 0.150. The second-order valence-electron chi connectivity index (χ2n) is 7.41. The van der Waals surface area contributed by atoms with Crippen molar-refractivity contribution >= 4 is 11.7 Å². The Morgan fingerprint density at radius 2 is 1.69 bits per heavy atom. The number of anilines is 1. The molecule has 166 valence electrons. The third kappa shape index (κ3) is 4.80. The molecular weight excluding hydrogens is 421 g/mol. The van der Waals surface area contributed by atoms with Crippen molar-refractivity contribution in [1.82, 2.24) is 4.90 Å². The molecule has 32 heavy (non-hydrogen) atoms. The van der Waals surface area contributed by atoms with E-state index in [2.05, 4.69) is 5.32 Å². The quantitative estimate of drug-likeness (QED) is 0.510. The van der Waals surface area contributed by atoms with Crippen LogP contribution >= 0.6 is 0 Å². The number of rotatable bonds is 5. The van der Waals surface area contributed by atoms with E-state index in [4.69, 9.17) is 9.47 Å². The van der Waals surface area contributed by atoms with Crippen molar-refractivity contribution in [2.75, 3.05) is 12.1 Å². The van der Waals surface area contributed by atoms with Gasteiger partial charge in [-0.2, -0.15) is 13.2 Å². The van der Waals surface area contributed by atoms with Crippen LogP contribution in [0.15, 0.2) is 72.8 Å². The van der Waals surface area contributed by atoms with Crippen LogP contribution < -0.4 is 14.8 Å². The van der Waals surface area contributed by atoms with Gasteiger partial charge in [-0.15, -0.1) is 0 Å². The van der Waals surface area contributed by atoms with Gasteiger partial charge in [0.2, 0.25) is 6.79 Å². The third-order valence-electron chi connectivity index (χ3n) is 5.26. The molecule has 0 radical (unpaired) electrons. The van der Waals surface area contributed by atoms with E-state index in [0.29, 0.717) is 11.5 Å². The lowest BCUT2D eigenvalue weighted by Gasteiger charge is -2.30. The van der Waals surface area contributed by atoms with Gasteiger partial charge in [-0.25, -0.2) is 4.79 Å². The lowest BCUT2D eigenvalue weighted by molar-refractivity contribution is -0.137. The highest BCUT2D eigenvalue weighted by Crippen LogP contribution is 2.34. The Bertz CT molecular complexity index is 1090. The molecule has 1 aliphatic heterocycles. The van der Waals surface area contributed by atoms with Crippen molar-refractivity contribution < 1.29 is 27.4 Å². The first-order chi connectivity index (χ1) is 15.3. The molecule has 0 saturated carbocycles. The first kappa shape index (κ1) is 21.5. The van der Waals surface area contributed by atoms with E-state index in [0.717, 1.165) is 23.3 Å². The number of ether oxygens (including phenoxy) is 2. The molecule has 0 aromatic heterocycles. The lowest BCUT2D eigenvalue weighted by atomic mass is 10.1. The molecule has 1 atom stereocenters. The molecule has 0 bridgehead atoms. The van der Waals surface area contributed by atoms with Crippen molar-refractivity contribution in [2.24, 2.45) is 0 Å². The number of carbonyl (C=O) groups excluding carboxylic acids is 1. The number of urea groups is 1. The summed E-state index contributed by atoms with van der Waals surface area (Å²) in [5.74, 6) is 1.25. The van der Waals surface area contributed by atoms with Gasteiger partial charge in [-0.3, -0.25) is 0 Å². The fourth-order valence-corrected chi connectivity index (χ4v) is 3.47. The number of nitrogens with zero attached hydrogens (tertiary/aromatic N) is 1. The molecule has 0 fully saturated rings. The molecule has 0 saturated heterocycles. The number of carbonyl (C=O) groups is 1. The third-order valence-corrected chi connectivity index (χ3v) is 5.26. The number of alkyl halides is 3. The van der Waals surface area contributed by atoms with Crippen LogP contribution in [0.4, 0.5) is 23.7 Å². The molecule has 5 nitrogen and oxygen atoms in total. The number of hydrogen-bond acceptors (Lipinski definition) is 3. The molecule has 0 aliphatic carbocycles. The number of amides is 2. The van der Waals surface area contributed by atoms with Gasteiger partial charge in [0.15, 0.2) is 11.5 Å². The zero-order valence-electron chi connectivity index (χ0n) is 17.2. The summed E-state index contributed by atoms with van der Waals surface area (Å²) in [7, 11) is 0. The van der Waals surface area contributed by atoms with Crippen LogP contribution in [-0.4, -0.2) is 17.7 Å². The summed E-state index contributed by atoms with van der Waals surface area (Å²) in [6.45, 7) is 2.31. The SMILES string of the molecule is CC(c1ccccc1)N(Cc1ccc2c(c1)OCO2)C(=O)Nc1ccc(C(F)(F)F)cc1. The average Bonchev–Trinajstić information content (AvgIpc) is 3.25. The summed E-state index contributed by atoms with van der Waals surface area (Å²) in [6.07, 6.45) is -4.43. The Morgan fingerprint density at radius 1 is 1.00 bits per heavy atom. The first-order valence-electron chi connectivity index (χ1n) is 9.99. The van der Waals surface area contributed by atoms with Crippen LogP contribution in [0.25, 0.3) is 0 Å². The predicted octanol–water partition coefficient (Wildman–Crippen LogP) is 6.23. The normalized spacial score (nSPS) is 13.5. The van der Waals surface area contributed by atoms with Gasteiger partial charge in [0, 0.05) is 12.2 Å². The minimum Gasteiger partial charge on any atom is -0.454 e. The van der Waals surface area contributed by atoms with Crippen molar-refractivity contribution in [2.45, 2.75) is 25.7 Å². The van der Waals surface area contributed by atoms with Crippen molar-refractivity contribution in [3.63, 3.8) is 0 Å². The van der Waals surface area contributed by atoms with Crippen molar-refractivity contribution in [3.8, 4) is 11.5 Å². The number of halogens is 3. The molecular formula is C24H21F3N2O3. The van der Waals surface area contributed by atoms with Crippen LogP contribution in [0.2, 0.25) is 0 Å². The number of benzene rings is 3. The summed E-state index contributed by atoms with van der Waals surface area (Å²) < 4.78 is 49.2. The Labute approximate surface area is 183 Å². The van der Waals surface area contributed by atoms with Crippen molar-refractivity contribution in [1.29, 1.82) is 0 Å². The van der Waals surface area contributed by atoms with Crippen LogP contribution in [0.1, 0.15) is 29.7 Å². The van der Waals surface area contributed by atoms with Gasteiger partial charge in [-0.1, -0.05) is 36.4 Å². The van der Waals surface area contributed by atoms with Crippen LogP contribution in [0, 0.1) is 0 Å². The zero-order valence-corrected chi connectivity index (χ0v) is 17.2. The Kier molecular flexibility index (Phi) is 5.94. The summed E-state index contributed by atoms with van der Waals surface area (Å²) in [4.78, 5) is 14.8. The average molecular weight is 442 g/mol. The van der Waals surface area contributed by atoms with E-state index in [-0.39, 0.29) is 25.1 Å². The van der Waals surface area contributed by atoms with E-state index >= 15 is 0 Å². The predicted molar refractivity (Wildman–Crippen MR) is 113 cm³/mol. The molecule has 2 amide bonds. The standard InChI is InChI=1S/C24H21F3N2O3/c1-16(18-5-3-2-4-6-18)29(14-17-7-12-21-22(13-17)32-15-31-21)23(30)28-20-10-8-19(9-11-20)24(25,26)27/h2-13,16H,14-15H2,1H3,(H,28,30). The van der Waals surface area contributed by atoms with Gasteiger partial charge in [0.05, 0.1) is 11.6 Å². The van der Waals surface area contributed by atoms with Gasteiger partial charge < -0.3 is 19.7 Å². The van der Waals surface area contributed by atoms with Gasteiger partial charge in [0.25, 0.3) is 0 Å². The molecule has 1 heterocycles. The second-order valence-corrected chi connectivity index (χ2v) is 7.41. The fraction of sp³-hybridized carbons (Fsp3) is 0.208. The highest BCUT2D eigenvalue weighted by Gasteiger charge is 2.30. The van der Waals surface area contributed by atoms with Gasteiger partial charge in [0.1, 0.15) is 0 Å². The maximum absolute atomic E-state index is 13.2. The molecule has 3 aromatic carbocycles. The largest absolute Gasteiger partial charge is 0.454 e. The Hall–Kier alpha value is -3.68. The van der Waals surface area contributed by atoms with Crippen LogP contribution in [0.5, 0.6) is 11.5 Å². The van der Waals surface area contributed by atoms with Crippen LogP contribution in [-0.2, 0) is 12.7 Å². The summed E-state index contributed by atoms with van der Waals surface area (Å²) in [5, 5.41) is 2.71. The van der Waals surface area contributed by atoms with E-state index < -0.39 is 17.8 Å². The van der Waals surface area contributed by atoms with Crippen LogP contribution in [0.3, 0.4) is 0 Å². The van der Waals surface area contributed by atoms with Crippen molar-refractivity contribution in [3.05, 3.63) is 89.5 Å². The van der Waals surface area contributed by atoms with E-state index in [1.807, 2.05) is 49.4 Å². The topological polar surface area (TPSA) is 50.8 Å². The first-order valence-corrected chi connectivity index (χ1v) is 9.99. The molecule has 1 N–H and O–H groups in total. The fourth-order valence-electron chi connectivity index (χ4n) is 3.47. The van der Waals surface area contributed by atoms with E-state index in [1.54, 1.807) is 11.0 Å². The molecule has 1 aliphatic rings. The number of fused-ring (bicyclic) bond motifs is 1. The van der Waals surface area contributed by atoms with Gasteiger partial charge in [-0.05, 0) is 54.4 Å². The lowest BCUT2D eigenvalue weighted by Crippen LogP contribution is -2.36. The molecule has 1 unspecified atom stereocenters. The highest BCUT2D eigenvalue weighted by molar-refractivity contribution is 5.89. The second kappa shape index (κ2) is 8.82. The number of nitrogens with one attached hydrogen (secondary N) is 1. The molecule has 8 heteroatoms. The summed E-state index contributed by atoms with van der Waals surface area (Å²) in [6, 6.07) is 18.6. The number of hydrogen-bond donors (Lipinski definition) is 1. The summed E-state index contributed by atoms with van der Waals surface area (Å²) >= 11 is 0. The van der Waals surface area contributed by atoms with Gasteiger partial charge >= 0.3 is 12.2 Å². The highest BCUT2D eigenvalue weighted by atomic mass is 19.4. The van der Waals surface area contributed by atoms with E-state index in [9.17, 15) is 18.0 Å². The summed E-state index contributed by atoms with van der Waals surface area (Å²) in [5.41, 5.74) is 1.26. The minimum atomic E-state index is -4.43. The smallest absolute Gasteiger partial charge is 0.416 e. The molecule has 0 spiro atoms. The Morgan fingerprint density at radius 3 is 2.38 bits per heavy atom. The molecule has 3 aromatic rings. The van der Waals surface area contributed by atoms with E-state index in [1.165, 1.54) is 12.1 Å². The Balaban J connectivity index is 1.57. The monoisotopic (exact) mass is 442 g/mol. The molecule has 4 rings (SSSR count).